The molecule has 0 unspecified atom stereocenters. The average molecular weight is 631 g/mol. The maximum Gasteiger partial charge on any atom is 0.310 e. The molecule has 0 radical (unpaired) electrons. The normalized spacial score (nSPS) is 15.0. The van der Waals surface area contributed by atoms with E-state index in [1.807, 2.05) is 12.1 Å². The maximum atomic E-state index is 12.9. The third-order valence-electron chi connectivity index (χ3n) is 7.72. The van der Waals surface area contributed by atoms with Crippen molar-refractivity contribution in [2.45, 2.75) is 63.7 Å². The number of sulfone groups is 1. The van der Waals surface area contributed by atoms with Crippen LogP contribution in [-0.2, 0) is 14.6 Å². The lowest BCUT2D eigenvalue weighted by atomic mass is 9.85. The monoisotopic (exact) mass is 630 g/mol. The van der Waals surface area contributed by atoms with Crippen molar-refractivity contribution in [1.82, 2.24) is 19.9 Å². The number of likely N-dealkylation sites (tertiary alicyclic amines) is 1. The fourth-order valence-corrected chi connectivity index (χ4v) is 6.36. The highest BCUT2D eigenvalue weighted by Gasteiger charge is 2.32. The average Bonchev–Trinajstić information content (AvgIpc) is 2.95. The summed E-state index contributed by atoms with van der Waals surface area (Å²) in [5.74, 6) is 0.624. The fourth-order valence-electron chi connectivity index (χ4n) is 5.14. The van der Waals surface area contributed by atoms with Crippen molar-refractivity contribution in [1.29, 1.82) is 0 Å². The third-order valence-corrected chi connectivity index (χ3v) is 10.1. The van der Waals surface area contributed by atoms with Gasteiger partial charge in [-0.05, 0) is 102 Å². The van der Waals surface area contributed by atoms with Crippen LogP contribution in [0.3, 0.4) is 0 Å². The summed E-state index contributed by atoms with van der Waals surface area (Å²) in [6.07, 6.45) is 4.70. The SMILES string of the molecule is COc1cc(C2CCN(CC(C)(C)C(=O)O)CC2)c(C)cc1Nc1ncc(Cl)c(Nc2cccnc2S(=O)(=O)C(C)C)n1. The molecule has 232 valence electrons. The number of hydrogen-bond acceptors (Lipinski definition) is 10. The summed E-state index contributed by atoms with van der Waals surface area (Å²) < 4.78 is 31.4. The van der Waals surface area contributed by atoms with E-state index in [0.29, 0.717) is 23.9 Å². The van der Waals surface area contributed by atoms with Gasteiger partial charge in [-0.25, -0.2) is 18.4 Å². The van der Waals surface area contributed by atoms with Gasteiger partial charge in [-0.2, -0.15) is 4.98 Å². The highest BCUT2D eigenvalue weighted by Crippen LogP contribution is 2.38. The van der Waals surface area contributed by atoms with E-state index in [4.69, 9.17) is 16.3 Å². The third kappa shape index (κ3) is 7.36. The molecule has 3 N–H and O–H groups in total. The number of hydrogen-bond donors (Lipinski definition) is 3. The molecule has 43 heavy (non-hydrogen) atoms. The van der Waals surface area contributed by atoms with E-state index < -0.39 is 26.5 Å². The van der Waals surface area contributed by atoms with Crippen LogP contribution in [0.15, 0.2) is 41.7 Å². The number of rotatable bonds is 11. The van der Waals surface area contributed by atoms with Crippen LogP contribution in [-0.4, -0.2) is 71.3 Å². The fraction of sp³-hybridized carbons (Fsp3) is 0.467. The van der Waals surface area contributed by atoms with Crippen molar-refractivity contribution in [3.63, 3.8) is 0 Å². The number of nitrogens with zero attached hydrogens (tertiary/aromatic N) is 4. The number of aromatic nitrogens is 3. The molecule has 0 atom stereocenters. The van der Waals surface area contributed by atoms with Gasteiger partial charge in [0.25, 0.3) is 0 Å². The zero-order valence-electron chi connectivity index (χ0n) is 25.3. The predicted molar refractivity (Wildman–Crippen MR) is 168 cm³/mol. The van der Waals surface area contributed by atoms with Crippen molar-refractivity contribution in [2.24, 2.45) is 5.41 Å². The number of benzene rings is 1. The van der Waals surface area contributed by atoms with Gasteiger partial charge in [0.2, 0.25) is 5.95 Å². The van der Waals surface area contributed by atoms with Crippen LogP contribution in [0.2, 0.25) is 5.02 Å². The summed E-state index contributed by atoms with van der Waals surface area (Å²) in [4.78, 5) is 26.7. The number of aliphatic carboxylic acids is 1. The Morgan fingerprint density at radius 1 is 1.19 bits per heavy atom. The molecule has 1 saturated heterocycles. The first-order valence-electron chi connectivity index (χ1n) is 14.1. The lowest BCUT2D eigenvalue weighted by molar-refractivity contribution is -0.148. The molecular formula is C30H39ClN6O5S. The number of halogens is 1. The minimum atomic E-state index is -3.66. The minimum Gasteiger partial charge on any atom is -0.495 e. The summed E-state index contributed by atoms with van der Waals surface area (Å²) in [6.45, 7) is 10.9. The smallest absolute Gasteiger partial charge is 0.310 e. The Labute approximate surface area is 258 Å². The van der Waals surface area contributed by atoms with Gasteiger partial charge in [0.1, 0.15) is 10.8 Å². The van der Waals surface area contributed by atoms with Gasteiger partial charge < -0.3 is 25.4 Å². The number of piperidine rings is 1. The first kappa shape index (κ1) is 32.4. The lowest BCUT2D eigenvalue weighted by Crippen LogP contribution is -2.42. The van der Waals surface area contributed by atoms with Crippen LogP contribution in [0.25, 0.3) is 0 Å². The number of carboxylic acids is 1. The van der Waals surface area contributed by atoms with E-state index in [-0.39, 0.29) is 27.5 Å². The Balaban J connectivity index is 1.53. The maximum absolute atomic E-state index is 12.9. The summed E-state index contributed by atoms with van der Waals surface area (Å²) in [6, 6.07) is 7.27. The summed E-state index contributed by atoms with van der Waals surface area (Å²) in [5.41, 5.74) is 2.42. The van der Waals surface area contributed by atoms with Crippen molar-refractivity contribution in [3.05, 3.63) is 52.8 Å². The van der Waals surface area contributed by atoms with Crippen LogP contribution in [0.4, 0.5) is 23.1 Å². The summed E-state index contributed by atoms with van der Waals surface area (Å²) in [5, 5.41) is 15.2. The quantitative estimate of drug-likeness (QED) is 0.236. The molecule has 3 heterocycles. The van der Waals surface area contributed by atoms with Gasteiger partial charge in [0.15, 0.2) is 20.7 Å². The van der Waals surface area contributed by atoms with Crippen molar-refractivity contribution < 1.29 is 23.1 Å². The second-order valence-corrected chi connectivity index (χ2v) is 14.6. The second-order valence-electron chi connectivity index (χ2n) is 11.7. The topological polar surface area (TPSA) is 147 Å². The molecule has 11 nitrogen and oxygen atoms in total. The van der Waals surface area contributed by atoms with E-state index >= 15 is 0 Å². The molecule has 0 saturated carbocycles. The molecule has 4 rings (SSSR count). The minimum absolute atomic E-state index is 0.0847. The second kappa shape index (κ2) is 13.0. The number of ether oxygens (including phenoxy) is 1. The van der Waals surface area contributed by atoms with Gasteiger partial charge in [0, 0.05) is 12.7 Å². The van der Waals surface area contributed by atoms with E-state index in [1.54, 1.807) is 46.9 Å². The standard InChI is InChI=1S/C30H39ClN6O5S/c1-18(2)43(40,41)27-23(8-7-11-32-27)34-26-22(31)16-33-29(36-26)35-24-14-19(3)21(15-25(24)42-6)20-9-12-37(13-10-20)17-30(4,5)28(38)39/h7-8,11,14-16,18,20H,9-10,12-13,17H2,1-6H3,(H,38,39)(H2,33,34,35,36). The van der Waals surface area contributed by atoms with Gasteiger partial charge in [0.05, 0.1) is 35.3 Å². The van der Waals surface area contributed by atoms with Crippen LogP contribution in [0.5, 0.6) is 5.75 Å². The van der Waals surface area contributed by atoms with Crippen LogP contribution in [0.1, 0.15) is 57.6 Å². The summed E-state index contributed by atoms with van der Waals surface area (Å²) >= 11 is 6.39. The highest BCUT2D eigenvalue weighted by atomic mass is 35.5. The number of nitrogens with one attached hydrogen (secondary N) is 2. The molecule has 0 amide bonds. The molecular weight excluding hydrogens is 592 g/mol. The molecule has 0 spiro atoms. The molecule has 2 aromatic heterocycles. The Hall–Kier alpha value is -3.48. The highest BCUT2D eigenvalue weighted by molar-refractivity contribution is 7.92. The molecule has 1 aliphatic rings. The zero-order chi connectivity index (χ0) is 31.5. The number of methoxy groups -OCH3 is 1. The van der Waals surface area contributed by atoms with E-state index in [9.17, 15) is 18.3 Å². The molecule has 1 aliphatic heterocycles. The molecule has 1 fully saturated rings. The Bertz CT molecular complexity index is 1590. The molecule has 3 aromatic rings. The van der Waals surface area contributed by atoms with Gasteiger partial charge >= 0.3 is 5.97 Å². The van der Waals surface area contributed by atoms with Crippen molar-refractivity contribution >= 4 is 50.5 Å². The zero-order valence-corrected chi connectivity index (χ0v) is 26.9. The first-order valence-corrected chi connectivity index (χ1v) is 16.0. The van der Waals surface area contributed by atoms with Gasteiger partial charge in [-0.3, -0.25) is 4.79 Å². The number of carboxylic acid groups (broad SMARTS) is 1. The lowest BCUT2D eigenvalue weighted by Gasteiger charge is -2.36. The molecule has 13 heteroatoms. The molecule has 1 aromatic carbocycles. The Morgan fingerprint density at radius 3 is 2.51 bits per heavy atom. The van der Waals surface area contributed by atoms with Gasteiger partial charge in [-0.1, -0.05) is 11.6 Å². The largest absolute Gasteiger partial charge is 0.495 e. The predicted octanol–water partition coefficient (Wildman–Crippen LogP) is 5.80. The number of anilines is 4. The number of carbonyl (C=O) groups is 1. The van der Waals surface area contributed by atoms with Crippen molar-refractivity contribution in [3.8, 4) is 5.75 Å². The Morgan fingerprint density at radius 2 is 1.88 bits per heavy atom. The van der Waals surface area contributed by atoms with Crippen molar-refractivity contribution in [2.75, 3.05) is 37.4 Å². The van der Waals surface area contributed by atoms with Crippen LogP contribution in [0, 0.1) is 12.3 Å². The van der Waals surface area contributed by atoms with E-state index in [1.165, 1.54) is 18.0 Å². The van der Waals surface area contributed by atoms with Crippen LogP contribution < -0.4 is 15.4 Å². The molecule has 0 aliphatic carbocycles. The van der Waals surface area contributed by atoms with Crippen LogP contribution >= 0.6 is 11.6 Å². The number of aryl methyl sites for hydroxylation is 1. The van der Waals surface area contributed by atoms with E-state index in [0.717, 1.165) is 31.5 Å². The van der Waals surface area contributed by atoms with E-state index in [2.05, 4.69) is 37.4 Å². The van der Waals surface area contributed by atoms with Gasteiger partial charge in [-0.15, -0.1) is 0 Å². The first-order chi connectivity index (χ1) is 20.2. The number of pyridine rings is 1. The summed E-state index contributed by atoms with van der Waals surface area (Å²) in [7, 11) is -2.06. The molecule has 0 bridgehead atoms. The Kier molecular flexibility index (Phi) is 9.83.